The van der Waals surface area contributed by atoms with Crippen molar-refractivity contribution >= 4 is 40.5 Å². The van der Waals surface area contributed by atoms with E-state index < -0.39 is 28.6 Å². The zero-order valence-corrected chi connectivity index (χ0v) is 58.3. The maximum Gasteiger partial charge on any atom is 0.343 e. The van der Waals surface area contributed by atoms with Crippen molar-refractivity contribution in [3.63, 3.8) is 0 Å². The molecule has 0 fully saturated rings. The SMILES string of the molecule is CCC(CC)COC(=O)c1ccc(-c2ccc(OC(=O)c3ccc(OCCCCCCCCCCC[Si](C)(C)O[Si](C)(C)CCCCCCCCCCCOc4ccc(C(=O)Oc5ccc(-c6ccc(C(=O)OCC(CC)CC)cc6)cc5)cc4)cc3)cc2)cc1. The summed E-state index contributed by atoms with van der Waals surface area (Å²) in [5, 5.41) is 0. The predicted molar refractivity (Wildman–Crippen MR) is 375 cm³/mol. The third-order valence-electron chi connectivity index (χ3n) is 17.4. The number of ether oxygens (including phenoxy) is 6. The lowest BCUT2D eigenvalue weighted by molar-refractivity contribution is 0.0424. The Morgan fingerprint density at radius 2 is 0.549 bits per heavy atom. The lowest BCUT2D eigenvalue weighted by atomic mass is 10.0. The van der Waals surface area contributed by atoms with Crippen LogP contribution in [0.25, 0.3) is 22.3 Å². The third kappa shape index (κ3) is 27.5. The van der Waals surface area contributed by atoms with Crippen LogP contribution in [0, 0.1) is 11.8 Å². The minimum atomic E-state index is -1.67. The van der Waals surface area contributed by atoms with Crippen molar-refractivity contribution in [1.82, 2.24) is 0 Å². The molecule has 0 atom stereocenters. The zero-order valence-electron chi connectivity index (χ0n) is 56.3. The van der Waals surface area contributed by atoms with Crippen LogP contribution < -0.4 is 18.9 Å². The molecule has 6 rings (SSSR count). The van der Waals surface area contributed by atoms with Crippen LogP contribution in [-0.2, 0) is 13.6 Å². The summed E-state index contributed by atoms with van der Waals surface area (Å²) < 4.78 is 41.3. The van der Waals surface area contributed by atoms with Gasteiger partial charge in [-0.1, -0.05) is 205 Å². The quantitative estimate of drug-likeness (QED) is 0.0157. The second-order valence-corrected chi connectivity index (χ2v) is 34.6. The molecule has 0 aliphatic carbocycles. The predicted octanol–water partition coefficient (Wildman–Crippen LogP) is 21.6. The summed E-state index contributed by atoms with van der Waals surface area (Å²) in [6, 6.07) is 46.3. The number of unbranched alkanes of at least 4 members (excludes halogenated alkanes) is 16. The van der Waals surface area contributed by atoms with Crippen LogP contribution >= 0.6 is 0 Å². The van der Waals surface area contributed by atoms with Gasteiger partial charge in [-0.15, -0.1) is 0 Å². The van der Waals surface area contributed by atoms with Crippen molar-refractivity contribution in [2.24, 2.45) is 11.8 Å². The Labute approximate surface area is 547 Å². The van der Waals surface area contributed by atoms with Gasteiger partial charge < -0.3 is 32.5 Å². The monoisotopic (exact) mass is 1270 g/mol. The first kappa shape index (κ1) is 73.2. The molecule has 0 heterocycles. The number of hydrogen-bond acceptors (Lipinski definition) is 11. The minimum Gasteiger partial charge on any atom is -0.494 e. The summed E-state index contributed by atoms with van der Waals surface area (Å²) in [5.74, 6) is 1.73. The number of carbonyl (C=O) groups is 4. The topological polar surface area (TPSA) is 133 Å². The molecule has 0 saturated heterocycles. The standard InChI is InChI=1S/C78H106O11Si2/c1-9-61(10-2)59-85-75(79)67-35-31-63(32-36-67)65-39-51-73(52-40-65)87-77(81)69-43-47-71(48-44-69)83-55-27-23-19-15-13-17-21-25-29-57-90(5,6)89-91(7,8)58-30-26-22-18-14-16-20-24-28-56-84-72-49-45-70(46-50-72)78(82)88-74-53-41-66(42-54-74)64-33-37-68(38-34-64)76(80)86-60-62(11-3)12-4/h31-54,61-62H,9-30,55-60H2,1-8H3. The Morgan fingerprint density at radius 3 is 0.846 bits per heavy atom. The number of benzene rings is 6. The van der Waals surface area contributed by atoms with E-state index in [-0.39, 0.29) is 11.9 Å². The lowest BCUT2D eigenvalue weighted by Gasteiger charge is -2.34. The van der Waals surface area contributed by atoms with Crippen LogP contribution in [0.4, 0.5) is 0 Å². The van der Waals surface area contributed by atoms with E-state index in [1.165, 1.54) is 102 Å². The summed E-state index contributed by atoms with van der Waals surface area (Å²) in [6.45, 7) is 20.4. The fourth-order valence-electron chi connectivity index (χ4n) is 11.3. The Hall–Kier alpha value is -6.81. The highest BCUT2D eigenvalue weighted by molar-refractivity contribution is 6.84. The van der Waals surface area contributed by atoms with Crippen molar-refractivity contribution in [1.29, 1.82) is 0 Å². The first-order valence-corrected chi connectivity index (χ1v) is 40.7. The van der Waals surface area contributed by atoms with E-state index in [0.717, 1.165) is 85.1 Å². The first-order valence-electron chi connectivity index (χ1n) is 34.4. The molecule has 0 aromatic heterocycles. The van der Waals surface area contributed by atoms with Crippen LogP contribution in [-0.4, -0.2) is 66.9 Å². The van der Waals surface area contributed by atoms with Crippen molar-refractivity contribution in [2.45, 2.75) is 207 Å². The van der Waals surface area contributed by atoms with E-state index in [4.69, 9.17) is 32.5 Å². The zero-order chi connectivity index (χ0) is 65.1. The molecule has 0 radical (unpaired) electrons. The van der Waals surface area contributed by atoms with Gasteiger partial charge in [-0.05, 0) is 182 Å². The van der Waals surface area contributed by atoms with Gasteiger partial charge in [0.1, 0.15) is 23.0 Å². The van der Waals surface area contributed by atoms with Gasteiger partial charge in [-0.3, -0.25) is 0 Å². The fourth-order valence-corrected chi connectivity index (χ4v) is 20.4. The molecule has 11 nitrogen and oxygen atoms in total. The van der Waals surface area contributed by atoms with Crippen molar-refractivity contribution < 1.29 is 51.7 Å². The molecule has 6 aromatic rings. The summed E-state index contributed by atoms with van der Waals surface area (Å²) in [7, 11) is -3.34. The normalized spacial score (nSPS) is 11.6. The van der Waals surface area contributed by atoms with Crippen LogP contribution in [0.15, 0.2) is 146 Å². The largest absolute Gasteiger partial charge is 0.494 e. The highest BCUT2D eigenvalue weighted by atomic mass is 28.4. The van der Waals surface area contributed by atoms with E-state index in [0.29, 0.717) is 72.0 Å². The maximum absolute atomic E-state index is 12.9. The van der Waals surface area contributed by atoms with Gasteiger partial charge >= 0.3 is 23.9 Å². The number of esters is 4. The Balaban J connectivity index is 0.700. The summed E-state index contributed by atoms with van der Waals surface area (Å²) >= 11 is 0. The van der Waals surface area contributed by atoms with E-state index in [1.807, 2.05) is 72.8 Å². The first-order chi connectivity index (χ1) is 44.1. The van der Waals surface area contributed by atoms with Gasteiger partial charge in [0.05, 0.1) is 48.7 Å². The van der Waals surface area contributed by atoms with Crippen LogP contribution in [0.1, 0.15) is 210 Å². The van der Waals surface area contributed by atoms with E-state index in [1.54, 1.807) is 72.8 Å². The van der Waals surface area contributed by atoms with Gasteiger partial charge in [0.2, 0.25) is 0 Å². The van der Waals surface area contributed by atoms with E-state index in [9.17, 15) is 19.2 Å². The van der Waals surface area contributed by atoms with Gasteiger partial charge in [-0.25, -0.2) is 19.2 Å². The maximum atomic E-state index is 12.9. The molecule has 6 aromatic carbocycles. The molecule has 492 valence electrons. The van der Waals surface area contributed by atoms with Crippen molar-refractivity contribution in [2.75, 3.05) is 26.4 Å². The average molecular weight is 1280 g/mol. The van der Waals surface area contributed by atoms with Gasteiger partial charge in [-0.2, -0.15) is 0 Å². The molecule has 0 spiro atoms. The molecule has 0 N–H and O–H groups in total. The Morgan fingerprint density at radius 1 is 0.308 bits per heavy atom. The second-order valence-electron chi connectivity index (χ2n) is 25.8. The highest BCUT2D eigenvalue weighted by Gasteiger charge is 2.32. The summed E-state index contributed by atoms with van der Waals surface area (Å²) in [6.07, 6.45) is 26.3. The summed E-state index contributed by atoms with van der Waals surface area (Å²) in [4.78, 5) is 50.8. The second kappa shape index (κ2) is 40.2. The lowest BCUT2D eigenvalue weighted by Crippen LogP contribution is -2.44. The molecular formula is C78H106O11Si2. The molecule has 0 bridgehead atoms. The minimum absolute atomic E-state index is 0.304. The molecule has 13 heteroatoms. The fraction of sp³-hybridized carbons (Fsp3) is 0.487. The molecular weight excluding hydrogens is 1170 g/mol. The number of carbonyl (C=O) groups excluding carboxylic acids is 4. The third-order valence-corrected chi connectivity index (χ3v) is 24.9. The average Bonchev–Trinajstić information content (AvgIpc) is 3.04. The van der Waals surface area contributed by atoms with Crippen molar-refractivity contribution in [3.8, 4) is 45.3 Å². The van der Waals surface area contributed by atoms with Crippen LogP contribution in [0.3, 0.4) is 0 Å². The van der Waals surface area contributed by atoms with Crippen LogP contribution in [0.2, 0.25) is 38.3 Å². The number of hydrogen-bond donors (Lipinski definition) is 0. The molecule has 0 aliphatic rings. The van der Waals surface area contributed by atoms with Gasteiger partial charge in [0.25, 0.3) is 0 Å². The summed E-state index contributed by atoms with van der Waals surface area (Å²) in [5.41, 5.74) is 5.79. The number of rotatable bonds is 44. The Kier molecular flexibility index (Phi) is 32.4. The smallest absolute Gasteiger partial charge is 0.343 e. The highest BCUT2D eigenvalue weighted by Crippen LogP contribution is 2.29. The van der Waals surface area contributed by atoms with Gasteiger partial charge in [0.15, 0.2) is 16.6 Å². The molecule has 0 amide bonds. The Bertz CT molecular complexity index is 2820. The molecule has 0 saturated carbocycles. The molecule has 91 heavy (non-hydrogen) atoms. The molecule has 0 aliphatic heterocycles. The van der Waals surface area contributed by atoms with E-state index in [2.05, 4.69) is 53.9 Å². The van der Waals surface area contributed by atoms with Gasteiger partial charge in [0, 0.05) is 0 Å². The van der Waals surface area contributed by atoms with E-state index >= 15 is 0 Å². The van der Waals surface area contributed by atoms with Crippen molar-refractivity contribution in [3.05, 3.63) is 168 Å². The van der Waals surface area contributed by atoms with Crippen LogP contribution in [0.5, 0.6) is 23.0 Å². The molecule has 0 unspecified atom stereocenters.